The molecule has 0 fully saturated rings. The van der Waals surface area contributed by atoms with Crippen molar-refractivity contribution in [3.63, 3.8) is 0 Å². The molecule has 20 heavy (non-hydrogen) atoms. The van der Waals surface area contributed by atoms with E-state index in [1.165, 1.54) is 18.3 Å². The molecule has 7 heteroatoms. The van der Waals surface area contributed by atoms with Crippen molar-refractivity contribution >= 4 is 39.0 Å². The second-order valence-electron chi connectivity index (χ2n) is 4.23. The molecule has 0 aliphatic heterocycles. The number of anilines is 3. The Hall–Kier alpha value is -2.15. The first-order valence-corrected chi connectivity index (χ1v) is 6.45. The summed E-state index contributed by atoms with van der Waals surface area (Å²) in [5, 5.41) is 2.99. The van der Waals surface area contributed by atoms with Crippen LogP contribution in [-0.2, 0) is 0 Å². The van der Waals surface area contributed by atoms with Crippen molar-refractivity contribution in [1.29, 1.82) is 0 Å². The summed E-state index contributed by atoms with van der Waals surface area (Å²) < 4.78 is 13.7. The molecule has 0 aliphatic carbocycles. The van der Waals surface area contributed by atoms with E-state index in [1.807, 2.05) is 0 Å². The van der Waals surface area contributed by atoms with Gasteiger partial charge in [-0.1, -0.05) is 0 Å². The molecular formula is C13H12BrFN4O. The Morgan fingerprint density at radius 1 is 1.40 bits per heavy atom. The first-order chi connectivity index (χ1) is 9.38. The molecule has 1 aromatic carbocycles. The fourth-order valence-corrected chi connectivity index (χ4v) is 2.01. The second kappa shape index (κ2) is 5.46. The Morgan fingerprint density at radius 2 is 2.10 bits per heavy atom. The zero-order chi connectivity index (χ0) is 14.9. The van der Waals surface area contributed by atoms with E-state index in [2.05, 4.69) is 26.2 Å². The van der Waals surface area contributed by atoms with Crippen LogP contribution in [0.2, 0.25) is 0 Å². The minimum Gasteiger partial charge on any atom is -0.397 e. The summed E-state index contributed by atoms with van der Waals surface area (Å²) in [6.07, 6.45) is 1.34. The maximum Gasteiger partial charge on any atom is 0.250 e. The smallest absolute Gasteiger partial charge is 0.250 e. The van der Waals surface area contributed by atoms with Crippen LogP contribution in [0.5, 0.6) is 0 Å². The number of halogens is 2. The lowest BCUT2D eigenvalue weighted by Crippen LogP contribution is -2.14. The molecule has 5 nitrogen and oxygen atoms in total. The van der Waals surface area contributed by atoms with Gasteiger partial charge in [0.15, 0.2) is 0 Å². The average Bonchev–Trinajstić information content (AvgIpc) is 2.37. The molecule has 2 aromatic rings. The highest BCUT2D eigenvalue weighted by molar-refractivity contribution is 9.10. The number of aryl methyl sites for hydroxylation is 1. The molecular weight excluding hydrogens is 327 g/mol. The van der Waals surface area contributed by atoms with Gasteiger partial charge in [0.1, 0.15) is 11.6 Å². The predicted molar refractivity (Wildman–Crippen MR) is 79.3 cm³/mol. The van der Waals surface area contributed by atoms with Gasteiger partial charge in [0.05, 0.1) is 21.9 Å². The monoisotopic (exact) mass is 338 g/mol. The lowest BCUT2D eigenvalue weighted by atomic mass is 10.2. The predicted octanol–water partition coefficient (Wildman–Crippen LogP) is 2.72. The van der Waals surface area contributed by atoms with E-state index in [1.54, 1.807) is 13.0 Å². The highest BCUT2D eigenvalue weighted by Gasteiger charge is 2.10. The number of nitrogen functional groups attached to an aromatic ring is 1. The van der Waals surface area contributed by atoms with Crippen molar-refractivity contribution in [2.45, 2.75) is 6.92 Å². The fraction of sp³-hybridized carbons (Fsp3) is 0.0769. The van der Waals surface area contributed by atoms with Crippen LogP contribution in [0.3, 0.4) is 0 Å². The van der Waals surface area contributed by atoms with Crippen molar-refractivity contribution in [2.75, 3.05) is 11.1 Å². The summed E-state index contributed by atoms with van der Waals surface area (Å²) in [6, 6.07) is 4.43. The van der Waals surface area contributed by atoms with Gasteiger partial charge in [-0.2, -0.15) is 0 Å². The topological polar surface area (TPSA) is 94.0 Å². The molecule has 1 heterocycles. The Labute approximate surface area is 123 Å². The van der Waals surface area contributed by atoms with Crippen molar-refractivity contribution in [3.05, 3.63) is 45.8 Å². The molecule has 0 unspecified atom stereocenters. The third kappa shape index (κ3) is 2.88. The normalized spacial score (nSPS) is 10.3. The molecule has 0 radical (unpaired) electrons. The summed E-state index contributed by atoms with van der Waals surface area (Å²) in [7, 11) is 0. The summed E-state index contributed by atoms with van der Waals surface area (Å²) >= 11 is 3.11. The standard InChI is InChI=1S/C13H12BrFN4O/c1-6-2-9(15)8(14)4-11(6)19-12-3-7(13(17)20)10(16)5-18-12/h2-5H,16H2,1H3,(H2,17,20)(H,18,19). The van der Waals surface area contributed by atoms with Crippen LogP contribution in [0.4, 0.5) is 21.6 Å². The fourth-order valence-electron chi connectivity index (χ4n) is 1.67. The number of pyridine rings is 1. The Kier molecular flexibility index (Phi) is 3.89. The third-order valence-corrected chi connectivity index (χ3v) is 3.34. The van der Waals surface area contributed by atoms with E-state index in [0.717, 1.165) is 0 Å². The lowest BCUT2D eigenvalue weighted by molar-refractivity contribution is 0.100. The minimum absolute atomic E-state index is 0.182. The summed E-state index contributed by atoms with van der Waals surface area (Å²) in [4.78, 5) is 15.3. The van der Waals surface area contributed by atoms with Gasteiger partial charge in [-0.05, 0) is 46.6 Å². The first kappa shape index (κ1) is 14.3. The molecule has 2 rings (SSSR count). The van der Waals surface area contributed by atoms with Gasteiger partial charge in [-0.15, -0.1) is 0 Å². The quantitative estimate of drug-likeness (QED) is 0.801. The van der Waals surface area contributed by atoms with E-state index in [9.17, 15) is 9.18 Å². The Morgan fingerprint density at radius 3 is 2.75 bits per heavy atom. The van der Waals surface area contributed by atoms with Gasteiger partial charge in [-0.3, -0.25) is 4.79 Å². The SMILES string of the molecule is Cc1cc(F)c(Br)cc1Nc1cc(C(N)=O)c(N)cn1. The molecule has 5 N–H and O–H groups in total. The van der Waals surface area contributed by atoms with Crippen LogP contribution in [0.1, 0.15) is 15.9 Å². The number of aromatic nitrogens is 1. The number of hydrogen-bond donors (Lipinski definition) is 3. The minimum atomic E-state index is -0.634. The lowest BCUT2D eigenvalue weighted by Gasteiger charge is -2.11. The number of rotatable bonds is 3. The van der Waals surface area contributed by atoms with Crippen molar-refractivity contribution in [3.8, 4) is 0 Å². The molecule has 0 saturated heterocycles. The number of carbonyl (C=O) groups excluding carboxylic acids is 1. The van der Waals surface area contributed by atoms with Crippen LogP contribution in [0, 0.1) is 12.7 Å². The second-order valence-corrected chi connectivity index (χ2v) is 5.08. The average molecular weight is 339 g/mol. The van der Waals surface area contributed by atoms with Gasteiger partial charge in [0.2, 0.25) is 0 Å². The Balaban J connectivity index is 2.38. The van der Waals surface area contributed by atoms with Crippen molar-refractivity contribution < 1.29 is 9.18 Å². The van der Waals surface area contributed by atoms with E-state index >= 15 is 0 Å². The highest BCUT2D eigenvalue weighted by atomic mass is 79.9. The zero-order valence-corrected chi connectivity index (χ0v) is 12.2. The number of nitrogens with two attached hydrogens (primary N) is 2. The third-order valence-electron chi connectivity index (χ3n) is 2.73. The zero-order valence-electron chi connectivity index (χ0n) is 10.6. The number of hydrogen-bond acceptors (Lipinski definition) is 4. The van der Waals surface area contributed by atoms with Crippen molar-refractivity contribution in [1.82, 2.24) is 4.98 Å². The van der Waals surface area contributed by atoms with Crippen LogP contribution < -0.4 is 16.8 Å². The van der Waals surface area contributed by atoms with Gasteiger partial charge in [0.25, 0.3) is 5.91 Å². The van der Waals surface area contributed by atoms with Crippen LogP contribution in [0.25, 0.3) is 0 Å². The summed E-state index contributed by atoms with van der Waals surface area (Å²) in [5.41, 5.74) is 12.6. The molecule has 0 atom stereocenters. The molecule has 1 aromatic heterocycles. The molecule has 0 saturated carbocycles. The van der Waals surface area contributed by atoms with Gasteiger partial charge in [0, 0.05) is 5.69 Å². The van der Waals surface area contributed by atoms with E-state index in [4.69, 9.17) is 11.5 Å². The number of benzene rings is 1. The molecule has 0 aliphatic rings. The van der Waals surface area contributed by atoms with Crippen LogP contribution in [0.15, 0.2) is 28.9 Å². The highest BCUT2D eigenvalue weighted by Crippen LogP contribution is 2.27. The van der Waals surface area contributed by atoms with E-state index in [0.29, 0.717) is 21.5 Å². The van der Waals surface area contributed by atoms with Crippen LogP contribution >= 0.6 is 15.9 Å². The first-order valence-electron chi connectivity index (χ1n) is 5.66. The summed E-state index contributed by atoms with van der Waals surface area (Å²) in [5.74, 6) is -0.587. The van der Waals surface area contributed by atoms with E-state index < -0.39 is 5.91 Å². The van der Waals surface area contributed by atoms with Gasteiger partial charge >= 0.3 is 0 Å². The van der Waals surface area contributed by atoms with E-state index in [-0.39, 0.29) is 17.1 Å². The van der Waals surface area contributed by atoms with Gasteiger partial charge in [-0.25, -0.2) is 9.37 Å². The molecule has 0 spiro atoms. The maximum atomic E-state index is 13.4. The molecule has 104 valence electrons. The summed E-state index contributed by atoms with van der Waals surface area (Å²) in [6.45, 7) is 1.75. The number of primary amides is 1. The van der Waals surface area contributed by atoms with Gasteiger partial charge < -0.3 is 16.8 Å². The number of carbonyl (C=O) groups is 1. The largest absolute Gasteiger partial charge is 0.397 e. The molecule has 1 amide bonds. The molecule has 0 bridgehead atoms. The number of nitrogens with one attached hydrogen (secondary N) is 1. The number of nitrogens with zero attached hydrogens (tertiary/aromatic N) is 1. The Bertz CT molecular complexity index is 690. The van der Waals surface area contributed by atoms with Crippen molar-refractivity contribution in [2.24, 2.45) is 5.73 Å². The number of amides is 1. The maximum absolute atomic E-state index is 13.4. The van der Waals surface area contributed by atoms with Crippen LogP contribution in [-0.4, -0.2) is 10.9 Å².